The highest BCUT2D eigenvalue weighted by molar-refractivity contribution is 7.13. The summed E-state index contributed by atoms with van der Waals surface area (Å²) in [5.41, 5.74) is 2.67. The zero-order valence-electron chi connectivity index (χ0n) is 23.8. The predicted molar refractivity (Wildman–Crippen MR) is 151 cm³/mol. The van der Waals surface area contributed by atoms with E-state index in [0.717, 1.165) is 21.7 Å². The second-order valence-corrected chi connectivity index (χ2v) is 12.6. The van der Waals surface area contributed by atoms with Crippen LogP contribution in [0.15, 0.2) is 23.7 Å². The third kappa shape index (κ3) is 5.83. The highest BCUT2D eigenvalue weighted by Gasteiger charge is 2.59. The number of ether oxygens (including phenoxy) is 1. The molecule has 2 aliphatic rings. The number of aliphatic hydroxyl groups excluding tert-OH is 1. The highest BCUT2D eigenvalue weighted by Crippen LogP contribution is 2.41. The lowest BCUT2D eigenvalue weighted by Crippen LogP contribution is -2.59. The number of nitrogens with one attached hydrogen (secondary N) is 2. The molecule has 1 saturated heterocycles. The standard InChI is InChI=1S/C29H37N5O5S/c1-16(20-9-8-18(12-22(20)39-7)23-17(2)31-15-40-23)32-25(36)21-13-19(35)14-34(21)26(37)24(28(3,4)5)33-27(38)29(30-6)10-11-29/h8-9,12,15-16,19,21,24,35H,10-11,13-14H2,1-5,7H3,(H,32,36)(H,33,38)/t16-,19+,21-,24+/m0/s1. The maximum atomic E-state index is 13.8. The number of hydrogen-bond donors (Lipinski definition) is 3. The van der Waals surface area contributed by atoms with Crippen LogP contribution in [0.3, 0.4) is 0 Å². The van der Waals surface area contributed by atoms with E-state index in [2.05, 4.69) is 20.5 Å². The summed E-state index contributed by atoms with van der Waals surface area (Å²) in [6.07, 6.45) is 0.141. The van der Waals surface area contributed by atoms with Gasteiger partial charge < -0.3 is 25.4 Å². The van der Waals surface area contributed by atoms with Crippen LogP contribution < -0.4 is 15.4 Å². The van der Waals surface area contributed by atoms with Gasteiger partial charge in [0.15, 0.2) is 0 Å². The molecule has 2 fully saturated rings. The van der Waals surface area contributed by atoms with E-state index in [1.54, 1.807) is 24.0 Å². The summed E-state index contributed by atoms with van der Waals surface area (Å²) < 4.78 is 5.64. The van der Waals surface area contributed by atoms with Crippen molar-refractivity contribution in [3.05, 3.63) is 46.4 Å². The molecule has 214 valence electrons. The molecule has 2 heterocycles. The van der Waals surface area contributed by atoms with Gasteiger partial charge in [-0.3, -0.25) is 19.2 Å². The minimum absolute atomic E-state index is 0.0199. The van der Waals surface area contributed by atoms with Gasteiger partial charge in [0.05, 0.1) is 35.3 Å². The molecule has 10 nitrogen and oxygen atoms in total. The monoisotopic (exact) mass is 567 g/mol. The van der Waals surface area contributed by atoms with E-state index in [-0.39, 0.29) is 13.0 Å². The maximum absolute atomic E-state index is 13.8. The Morgan fingerprint density at radius 2 is 1.98 bits per heavy atom. The average Bonchev–Trinajstić information content (AvgIpc) is 3.44. The molecular weight excluding hydrogens is 530 g/mol. The number of β-amino-alcohol motifs (C(OH)–C–C–N with tert-alkyl or cyclic N) is 1. The Kier molecular flexibility index (Phi) is 8.24. The van der Waals surface area contributed by atoms with Gasteiger partial charge in [-0.1, -0.05) is 32.9 Å². The minimum atomic E-state index is -1.10. The lowest BCUT2D eigenvalue weighted by molar-refractivity contribution is -0.144. The van der Waals surface area contributed by atoms with E-state index >= 15 is 0 Å². The number of carbonyl (C=O) groups is 3. The van der Waals surface area contributed by atoms with Crippen molar-refractivity contribution in [3.8, 4) is 16.2 Å². The fourth-order valence-electron chi connectivity index (χ4n) is 5.07. The van der Waals surface area contributed by atoms with E-state index in [1.807, 2.05) is 52.8 Å². The maximum Gasteiger partial charge on any atom is 0.309 e. The molecule has 0 unspecified atom stereocenters. The first-order chi connectivity index (χ1) is 18.8. The van der Waals surface area contributed by atoms with Crippen molar-refractivity contribution < 1.29 is 24.2 Å². The Morgan fingerprint density at radius 3 is 2.52 bits per heavy atom. The molecule has 0 spiro atoms. The van der Waals surface area contributed by atoms with Crippen LogP contribution in [0.2, 0.25) is 0 Å². The van der Waals surface area contributed by atoms with E-state index in [1.165, 1.54) is 4.90 Å². The predicted octanol–water partition coefficient (Wildman–Crippen LogP) is 3.25. The molecule has 1 aliphatic carbocycles. The van der Waals surface area contributed by atoms with Gasteiger partial charge in [-0.2, -0.15) is 0 Å². The molecule has 1 aliphatic heterocycles. The number of carbonyl (C=O) groups excluding carboxylic acids is 3. The summed E-state index contributed by atoms with van der Waals surface area (Å²) in [6.45, 7) is 16.6. The fourth-order valence-corrected chi connectivity index (χ4v) is 5.87. The van der Waals surface area contributed by atoms with Crippen LogP contribution in [-0.2, 0) is 14.4 Å². The second kappa shape index (κ2) is 11.2. The number of hydrogen-bond acceptors (Lipinski definition) is 7. The largest absolute Gasteiger partial charge is 0.496 e. The number of methoxy groups -OCH3 is 1. The molecule has 0 radical (unpaired) electrons. The number of aryl methyl sites for hydroxylation is 1. The molecule has 1 aromatic heterocycles. The Balaban J connectivity index is 1.51. The first-order valence-corrected chi connectivity index (χ1v) is 14.3. The number of likely N-dealkylation sites (tertiary alicyclic amines) is 1. The van der Waals surface area contributed by atoms with Crippen molar-refractivity contribution >= 4 is 29.1 Å². The lowest BCUT2D eigenvalue weighted by Gasteiger charge is -2.35. The van der Waals surface area contributed by atoms with Crippen LogP contribution in [0.4, 0.5) is 0 Å². The fraction of sp³-hybridized carbons (Fsp3) is 0.552. The Morgan fingerprint density at radius 1 is 1.27 bits per heavy atom. The van der Waals surface area contributed by atoms with Gasteiger partial charge in [0.1, 0.15) is 17.8 Å². The van der Waals surface area contributed by atoms with Crippen molar-refractivity contribution in [2.75, 3.05) is 13.7 Å². The minimum Gasteiger partial charge on any atom is -0.496 e. The molecule has 1 saturated carbocycles. The van der Waals surface area contributed by atoms with E-state index < -0.39 is 52.9 Å². The number of nitrogens with zero attached hydrogens (tertiary/aromatic N) is 3. The van der Waals surface area contributed by atoms with Gasteiger partial charge in [-0.25, -0.2) is 11.6 Å². The Labute approximate surface area is 238 Å². The van der Waals surface area contributed by atoms with Crippen molar-refractivity contribution in [3.63, 3.8) is 0 Å². The zero-order chi connectivity index (χ0) is 29.4. The van der Waals surface area contributed by atoms with E-state index in [9.17, 15) is 19.5 Å². The van der Waals surface area contributed by atoms with Gasteiger partial charge >= 0.3 is 11.4 Å². The van der Waals surface area contributed by atoms with Gasteiger partial charge in [0, 0.05) is 31.4 Å². The van der Waals surface area contributed by atoms with Crippen LogP contribution in [0.1, 0.15) is 64.3 Å². The Hall–Kier alpha value is -3.49. The van der Waals surface area contributed by atoms with Gasteiger partial charge in [0.25, 0.3) is 0 Å². The van der Waals surface area contributed by atoms with Crippen LogP contribution in [-0.4, -0.2) is 70.1 Å². The molecule has 4 atom stereocenters. The third-order valence-corrected chi connectivity index (χ3v) is 8.66. The number of benzene rings is 1. The quantitative estimate of drug-likeness (QED) is 0.421. The molecule has 3 N–H and O–H groups in total. The summed E-state index contributed by atoms with van der Waals surface area (Å²) >= 11 is 1.54. The first kappa shape index (κ1) is 29.5. The van der Waals surface area contributed by atoms with Gasteiger partial charge in [-0.05, 0) is 30.9 Å². The van der Waals surface area contributed by atoms with Crippen molar-refractivity contribution in [1.82, 2.24) is 20.5 Å². The number of rotatable bonds is 8. The van der Waals surface area contributed by atoms with Crippen molar-refractivity contribution in [2.45, 2.75) is 83.6 Å². The van der Waals surface area contributed by atoms with Gasteiger partial charge in [-0.15, -0.1) is 11.3 Å². The lowest BCUT2D eigenvalue weighted by atomic mass is 9.85. The number of aromatic nitrogens is 1. The summed E-state index contributed by atoms with van der Waals surface area (Å²) in [6, 6.07) is 3.47. The number of amides is 3. The molecule has 3 amide bonds. The normalized spacial score (nSPS) is 21.2. The van der Waals surface area contributed by atoms with E-state index in [4.69, 9.17) is 11.3 Å². The topological polar surface area (TPSA) is 125 Å². The molecule has 0 bridgehead atoms. The van der Waals surface area contributed by atoms with Crippen molar-refractivity contribution in [1.29, 1.82) is 0 Å². The average molecular weight is 568 g/mol. The summed E-state index contributed by atoms with van der Waals surface area (Å²) in [7, 11) is 1.57. The molecule has 11 heteroatoms. The smallest absolute Gasteiger partial charge is 0.309 e. The third-order valence-electron chi connectivity index (χ3n) is 7.68. The first-order valence-electron chi connectivity index (χ1n) is 13.4. The van der Waals surface area contributed by atoms with E-state index in [0.29, 0.717) is 18.6 Å². The molecule has 2 aromatic rings. The van der Waals surface area contributed by atoms with Crippen LogP contribution in [0.25, 0.3) is 15.3 Å². The van der Waals surface area contributed by atoms with Crippen LogP contribution in [0.5, 0.6) is 5.75 Å². The SMILES string of the molecule is [C-]#[N+]C1(C(=O)N[C@H](C(=O)N2C[C@H](O)C[C@H]2C(=O)N[C@@H](C)c2ccc(-c3scnc3C)cc2OC)C(C)(C)C)CC1. The Bertz CT molecular complexity index is 1340. The van der Waals surface area contributed by atoms with Crippen LogP contribution >= 0.6 is 11.3 Å². The van der Waals surface area contributed by atoms with Crippen LogP contribution in [0, 0.1) is 18.9 Å². The second-order valence-electron chi connectivity index (χ2n) is 11.8. The molecule has 40 heavy (non-hydrogen) atoms. The molecule has 1 aromatic carbocycles. The molecular formula is C29H37N5O5S. The number of thiazole rings is 1. The van der Waals surface area contributed by atoms with Gasteiger partial charge in [0.2, 0.25) is 11.8 Å². The summed E-state index contributed by atoms with van der Waals surface area (Å²) in [5, 5.41) is 16.2. The summed E-state index contributed by atoms with van der Waals surface area (Å²) in [4.78, 5) is 50.3. The molecule has 4 rings (SSSR count). The van der Waals surface area contributed by atoms with Crippen molar-refractivity contribution in [2.24, 2.45) is 5.41 Å². The highest BCUT2D eigenvalue weighted by atomic mass is 32.1. The number of aliphatic hydroxyl groups is 1. The summed E-state index contributed by atoms with van der Waals surface area (Å²) in [5.74, 6) is -0.704. The zero-order valence-corrected chi connectivity index (χ0v) is 24.6.